The summed E-state index contributed by atoms with van der Waals surface area (Å²) in [6.07, 6.45) is 1.70. The first-order chi connectivity index (χ1) is 7.50. The van der Waals surface area contributed by atoms with E-state index < -0.39 is 0 Å². The fourth-order valence-corrected chi connectivity index (χ4v) is 1.42. The minimum absolute atomic E-state index is 0.197. The van der Waals surface area contributed by atoms with Gasteiger partial charge in [-0.15, -0.1) is 0 Å². The van der Waals surface area contributed by atoms with Crippen LogP contribution >= 0.6 is 15.9 Å². The molecule has 1 aromatic carbocycles. The van der Waals surface area contributed by atoms with E-state index >= 15 is 0 Å². The third kappa shape index (κ3) is 3.77. The minimum atomic E-state index is -0.197. The van der Waals surface area contributed by atoms with Gasteiger partial charge in [-0.1, -0.05) is 35.8 Å². The fourth-order valence-electron chi connectivity index (χ4n) is 1.04. The molecule has 0 aliphatic heterocycles. The first-order valence-corrected chi connectivity index (χ1v) is 5.89. The number of amides is 1. The highest BCUT2D eigenvalue weighted by Gasteiger charge is 2.05. The molecule has 0 radical (unpaired) electrons. The van der Waals surface area contributed by atoms with Gasteiger partial charge in [0.15, 0.2) is 0 Å². The monoisotopic (exact) mass is 282 g/mol. The van der Waals surface area contributed by atoms with E-state index in [-0.39, 0.29) is 5.91 Å². The lowest BCUT2D eigenvalue weighted by Crippen LogP contribution is -2.18. The highest BCUT2D eigenvalue weighted by Crippen LogP contribution is 2.17. The van der Waals surface area contributed by atoms with Gasteiger partial charge in [0.25, 0.3) is 5.91 Å². The Morgan fingerprint density at radius 2 is 2.19 bits per heavy atom. The van der Waals surface area contributed by atoms with Crippen molar-refractivity contribution >= 4 is 28.1 Å². The molecule has 0 spiro atoms. The van der Waals surface area contributed by atoms with Crippen LogP contribution in [0.25, 0.3) is 0 Å². The fraction of sp³-hybridized carbons (Fsp3) is 0.333. The van der Waals surface area contributed by atoms with Gasteiger partial charge >= 0.3 is 0 Å². The number of hydrogen-bond acceptors (Lipinski definition) is 2. The molecule has 0 aliphatic rings. The molecule has 86 valence electrons. The van der Waals surface area contributed by atoms with E-state index in [0.717, 1.165) is 10.0 Å². The third-order valence-electron chi connectivity index (χ3n) is 1.97. The van der Waals surface area contributed by atoms with E-state index in [2.05, 4.69) is 26.5 Å². The minimum Gasteiger partial charge on any atom is -0.267 e. The molecule has 0 aromatic heterocycles. The number of nitrogens with one attached hydrogen (secondary N) is 1. The molecule has 0 aliphatic carbocycles. The number of aryl methyl sites for hydroxylation is 1. The van der Waals surface area contributed by atoms with Crippen LogP contribution < -0.4 is 5.43 Å². The maximum absolute atomic E-state index is 11.6. The van der Waals surface area contributed by atoms with E-state index in [9.17, 15) is 4.79 Å². The summed E-state index contributed by atoms with van der Waals surface area (Å²) in [7, 11) is 0. The summed E-state index contributed by atoms with van der Waals surface area (Å²) in [6, 6.07) is 5.46. The van der Waals surface area contributed by atoms with Crippen LogP contribution in [0.15, 0.2) is 27.8 Å². The Labute approximate surface area is 104 Å². The number of hydrazone groups is 1. The zero-order valence-corrected chi connectivity index (χ0v) is 11.2. The highest BCUT2D eigenvalue weighted by atomic mass is 79.9. The molecule has 0 saturated heterocycles. The van der Waals surface area contributed by atoms with Crippen LogP contribution in [0.4, 0.5) is 0 Å². The van der Waals surface area contributed by atoms with Crippen molar-refractivity contribution in [3.63, 3.8) is 0 Å². The van der Waals surface area contributed by atoms with Gasteiger partial charge in [0.2, 0.25) is 0 Å². The number of carbonyl (C=O) groups is 1. The van der Waals surface area contributed by atoms with E-state index in [1.807, 2.05) is 26.8 Å². The van der Waals surface area contributed by atoms with Gasteiger partial charge in [-0.3, -0.25) is 4.79 Å². The molecule has 16 heavy (non-hydrogen) atoms. The highest BCUT2D eigenvalue weighted by molar-refractivity contribution is 9.10. The van der Waals surface area contributed by atoms with Crippen molar-refractivity contribution in [3.8, 4) is 0 Å². The molecule has 0 heterocycles. The quantitative estimate of drug-likeness (QED) is 0.672. The second-order valence-corrected chi connectivity index (χ2v) is 4.78. The van der Waals surface area contributed by atoms with Crippen LogP contribution in [0.2, 0.25) is 0 Å². The lowest BCUT2D eigenvalue weighted by Gasteiger charge is -2.03. The molecular weight excluding hydrogens is 268 g/mol. The van der Waals surface area contributed by atoms with Crippen molar-refractivity contribution in [1.82, 2.24) is 5.43 Å². The molecule has 1 rings (SSSR count). The van der Waals surface area contributed by atoms with Crippen molar-refractivity contribution < 1.29 is 4.79 Å². The number of carbonyl (C=O) groups excluding carboxylic acids is 1. The molecule has 0 fully saturated rings. The molecule has 1 N–H and O–H groups in total. The second-order valence-electron chi connectivity index (χ2n) is 3.93. The van der Waals surface area contributed by atoms with Crippen LogP contribution in [-0.2, 0) is 0 Å². The number of hydrogen-bond donors (Lipinski definition) is 1. The van der Waals surface area contributed by atoms with Gasteiger partial charge < -0.3 is 0 Å². The van der Waals surface area contributed by atoms with Crippen LogP contribution in [0.5, 0.6) is 0 Å². The van der Waals surface area contributed by atoms with Crippen LogP contribution in [0, 0.1) is 12.8 Å². The average Bonchev–Trinajstić information content (AvgIpc) is 2.21. The Kier molecular flexibility index (Phi) is 4.68. The summed E-state index contributed by atoms with van der Waals surface area (Å²) >= 11 is 3.39. The maximum atomic E-state index is 11.6. The molecule has 1 aromatic rings. The summed E-state index contributed by atoms with van der Waals surface area (Å²) in [6.45, 7) is 5.97. The van der Waals surface area contributed by atoms with Gasteiger partial charge in [-0.25, -0.2) is 5.43 Å². The molecular formula is C12H15BrN2O. The molecule has 0 atom stereocenters. The first kappa shape index (κ1) is 12.9. The number of rotatable bonds is 3. The maximum Gasteiger partial charge on any atom is 0.271 e. The summed E-state index contributed by atoms with van der Waals surface area (Å²) in [5, 5.41) is 3.86. The number of nitrogens with zero attached hydrogens (tertiary/aromatic N) is 1. The zero-order valence-electron chi connectivity index (χ0n) is 9.62. The van der Waals surface area contributed by atoms with E-state index in [0.29, 0.717) is 11.5 Å². The predicted octanol–water partition coefficient (Wildman–Crippen LogP) is 3.13. The van der Waals surface area contributed by atoms with Crippen molar-refractivity contribution in [2.75, 3.05) is 0 Å². The first-order valence-electron chi connectivity index (χ1n) is 5.10. The largest absolute Gasteiger partial charge is 0.271 e. The third-order valence-corrected chi connectivity index (χ3v) is 2.83. The lowest BCUT2D eigenvalue weighted by atomic mass is 10.1. The van der Waals surface area contributed by atoms with Crippen molar-refractivity contribution in [2.24, 2.45) is 11.0 Å². The molecule has 0 unspecified atom stereocenters. The standard InChI is InChI=1S/C12H15BrN2O/c1-8(2)7-14-15-12(16)10-5-4-9(3)11(13)6-10/h4-8H,1-3H3,(H,15,16)/b14-7+. The van der Waals surface area contributed by atoms with Crippen molar-refractivity contribution in [2.45, 2.75) is 20.8 Å². The smallest absolute Gasteiger partial charge is 0.267 e. The summed E-state index contributed by atoms with van der Waals surface area (Å²) < 4.78 is 0.924. The summed E-state index contributed by atoms with van der Waals surface area (Å²) in [5.41, 5.74) is 4.18. The number of halogens is 1. The molecule has 3 nitrogen and oxygen atoms in total. The Hall–Kier alpha value is -1.16. The Balaban J connectivity index is 2.70. The molecule has 0 bridgehead atoms. The lowest BCUT2D eigenvalue weighted by molar-refractivity contribution is 0.0955. The van der Waals surface area contributed by atoms with Gasteiger partial charge in [-0.05, 0) is 30.5 Å². The topological polar surface area (TPSA) is 41.5 Å². The van der Waals surface area contributed by atoms with Gasteiger partial charge in [0.05, 0.1) is 0 Å². The van der Waals surface area contributed by atoms with Crippen LogP contribution in [0.1, 0.15) is 29.8 Å². The van der Waals surface area contributed by atoms with E-state index in [1.165, 1.54) is 0 Å². The Morgan fingerprint density at radius 1 is 1.50 bits per heavy atom. The van der Waals surface area contributed by atoms with Crippen LogP contribution in [-0.4, -0.2) is 12.1 Å². The Bertz CT molecular complexity index is 413. The van der Waals surface area contributed by atoms with E-state index in [1.54, 1.807) is 18.3 Å². The molecule has 1 amide bonds. The predicted molar refractivity (Wildman–Crippen MR) is 69.7 cm³/mol. The average molecular weight is 283 g/mol. The van der Waals surface area contributed by atoms with Crippen molar-refractivity contribution in [1.29, 1.82) is 0 Å². The second kappa shape index (κ2) is 5.80. The zero-order chi connectivity index (χ0) is 12.1. The summed E-state index contributed by atoms with van der Waals surface area (Å²) in [4.78, 5) is 11.6. The van der Waals surface area contributed by atoms with Crippen molar-refractivity contribution in [3.05, 3.63) is 33.8 Å². The van der Waals surface area contributed by atoms with Gasteiger partial charge in [0, 0.05) is 16.3 Å². The number of benzene rings is 1. The van der Waals surface area contributed by atoms with Crippen LogP contribution in [0.3, 0.4) is 0 Å². The SMILES string of the molecule is Cc1ccc(C(=O)N/N=C/C(C)C)cc1Br. The molecule has 4 heteroatoms. The Morgan fingerprint density at radius 3 is 2.75 bits per heavy atom. The van der Waals surface area contributed by atoms with Gasteiger partial charge in [-0.2, -0.15) is 5.10 Å². The van der Waals surface area contributed by atoms with E-state index in [4.69, 9.17) is 0 Å². The summed E-state index contributed by atoms with van der Waals surface area (Å²) in [5.74, 6) is 0.127. The van der Waals surface area contributed by atoms with Gasteiger partial charge in [0.1, 0.15) is 0 Å². The normalized spacial score (nSPS) is 11.1. The molecule has 0 saturated carbocycles.